The van der Waals surface area contributed by atoms with Gasteiger partial charge >= 0.3 is 0 Å². The number of benzene rings is 2. The van der Waals surface area contributed by atoms with E-state index in [0.717, 1.165) is 36.3 Å². The molecular weight excluding hydrogens is 356 g/mol. The van der Waals surface area contributed by atoms with Gasteiger partial charge in [-0.3, -0.25) is 4.79 Å². The first-order chi connectivity index (χ1) is 13.7. The highest BCUT2D eigenvalue weighted by atomic mass is 16.1. The molecule has 5 rings (SSSR count). The Labute approximate surface area is 160 Å². The van der Waals surface area contributed by atoms with E-state index in [1.807, 2.05) is 41.9 Å². The van der Waals surface area contributed by atoms with E-state index in [0.29, 0.717) is 22.8 Å². The highest BCUT2D eigenvalue weighted by Crippen LogP contribution is 2.36. The lowest BCUT2D eigenvalue weighted by atomic mass is 10.1. The molecule has 140 valence electrons. The maximum Gasteiger partial charge on any atom is 0.255 e. The number of fused-ring (bicyclic) bond motifs is 1. The first kappa shape index (κ1) is 16.5. The van der Waals surface area contributed by atoms with Crippen LogP contribution in [0.4, 0.5) is 5.69 Å². The topological polar surface area (TPSA) is 103 Å². The van der Waals surface area contributed by atoms with Crippen molar-refractivity contribution in [3.8, 4) is 11.4 Å². The maximum absolute atomic E-state index is 12.6. The lowest BCUT2D eigenvalue weighted by Crippen LogP contribution is -2.11. The second kappa shape index (κ2) is 6.52. The summed E-state index contributed by atoms with van der Waals surface area (Å²) in [5.41, 5.74) is 3.79. The average Bonchev–Trinajstić information content (AvgIpc) is 3.30. The summed E-state index contributed by atoms with van der Waals surface area (Å²) >= 11 is 0. The SMILES string of the molecule is CCn1nnc2cc(C(=O)Nc3ccc(-c4nnnn4C4CC4)cc3)ccc21. The molecule has 2 heterocycles. The van der Waals surface area contributed by atoms with Crippen molar-refractivity contribution >= 4 is 22.6 Å². The number of rotatable bonds is 5. The van der Waals surface area contributed by atoms with Gasteiger partial charge in [0, 0.05) is 23.4 Å². The van der Waals surface area contributed by atoms with E-state index in [1.165, 1.54) is 0 Å². The van der Waals surface area contributed by atoms with Gasteiger partial charge in [0.15, 0.2) is 5.82 Å². The summed E-state index contributed by atoms with van der Waals surface area (Å²) in [6.45, 7) is 2.74. The molecule has 0 bridgehead atoms. The number of amides is 1. The van der Waals surface area contributed by atoms with E-state index in [9.17, 15) is 4.79 Å². The predicted molar refractivity (Wildman–Crippen MR) is 103 cm³/mol. The summed E-state index contributed by atoms with van der Waals surface area (Å²) in [5, 5.41) is 23.1. The Morgan fingerprint density at radius 2 is 1.93 bits per heavy atom. The van der Waals surface area contributed by atoms with E-state index >= 15 is 0 Å². The van der Waals surface area contributed by atoms with Gasteiger partial charge in [0.25, 0.3) is 5.91 Å². The zero-order chi connectivity index (χ0) is 19.1. The molecule has 1 aliphatic carbocycles. The molecule has 1 N–H and O–H groups in total. The zero-order valence-electron chi connectivity index (χ0n) is 15.3. The summed E-state index contributed by atoms with van der Waals surface area (Å²) in [7, 11) is 0. The number of hydrogen-bond donors (Lipinski definition) is 1. The van der Waals surface area contributed by atoms with E-state index in [-0.39, 0.29) is 5.91 Å². The number of anilines is 1. The monoisotopic (exact) mass is 374 g/mol. The predicted octanol–water partition coefficient (Wildman–Crippen LogP) is 2.69. The van der Waals surface area contributed by atoms with Crippen molar-refractivity contribution in [3.63, 3.8) is 0 Å². The molecule has 28 heavy (non-hydrogen) atoms. The third-order valence-electron chi connectivity index (χ3n) is 4.86. The fourth-order valence-electron chi connectivity index (χ4n) is 3.20. The molecule has 1 amide bonds. The molecule has 0 saturated heterocycles. The second-order valence-electron chi connectivity index (χ2n) is 6.82. The van der Waals surface area contributed by atoms with Crippen molar-refractivity contribution in [3.05, 3.63) is 48.0 Å². The van der Waals surface area contributed by atoms with Gasteiger partial charge in [-0.15, -0.1) is 10.2 Å². The smallest absolute Gasteiger partial charge is 0.255 e. The Bertz CT molecular complexity index is 1160. The molecule has 1 aliphatic rings. The summed E-state index contributed by atoms with van der Waals surface area (Å²) in [4.78, 5) is 12.6. The quantitative estimate of drug-likeness (QED) is 0.576. The van der Waals surface area contributed by atoms with Crippen LogP contribution in [0.2, 0.25) is 0 Å². The first-order valence-corrected chi connectivity index (χ1v) is 9.26. The van der Waals surface area contributed by atoms with Crippen LogP contribution in [0.1, 0.15) is 36.2 Å². The number of aryl methyl sites for hydroxylation is 1. The number of carbonyl (C=O) groups excluding carboxylic acids is 1. The lowest BCUT2D eigenvalue weighted by Gasteiger charge is -2.07. The highest BCUT2D eigenvalue weighted by molar-refractivity contribution is 6.05. The van der Waals surface area contributed by atoms with Crippen LogP contribution >= 0.6 is 0 Å². The molecule has 0 unspecified atom stereocenters. The number of tetrazole rings is 1. The van der Waals surface area contributed by atoms with Crippen LogP contribution in [-0.4, -0.2) is 41.1 Å². The number of aromatic nitrogens is 7. The Kier molecular flexibility index (Phi) is 3.85. The van der Waals surface area contributed by atoms with Gasteiger partial charge in [-0.1, -0.05) is 5.21 Å². The number of nitrogens with one attached hydrogen (secondary N) is 1. The summed E-state index contributed by atoms with van der Waals surface area (Å²) < 4.78 is 3.66. The van der Waals surface area contributed by atoms with Gasteiger partial charge in [-0.05, 0) is 72.7 Å². The zero-order valence-corrected chi connectivity index (χ0v) is 15.3. The first-order valence-electron chi connectivity index (χ1n) is 9.26. The van der Waals surface area contributed by atoms with Crippen molar-refractivity contribution in [2.75, 3.05) is 5.32 Å². The molecule has 1 fully saturated rings. The minimum Gasteiger partial charge on any atom is -0.322 e. The normalized spacial score (nSPS) is 13.8. The van der Waals surface area contributed by atoms with E-state index in [1.54, 1.807) is 16.8 Å². The Hall–Kier alpha value is -3.62. The van der Waals surface area contributed by atoms with Crippen molar-refractivity contribution < 1.29 is 4.79 Å². The molecule has 0 radical (unpaired) electrons. The van der Waals surface area contributed by atoms with E-state index < -0.39 is 0 Å². The van der Waals surface area contributed by atoms with Crippen LogP contribution in [0.5, 0.6) is 0 Å². The molecule has 0 aliphatic heterocycles. The largest absolute Gasteiger partial charge is 0.322 e. The highest BCUT2D eigenvalue weighted by Gasteiger charge is 2.28. The Balaban J connectivity index is 1.34. The minimum atomic E-state index is -0.191. The van der Waals surface area contributed by atoms with Crippen LogP contribution in [-0.2, 0) is 6.54 Å². The van der Waals surface area contributed by atoms with Gasteiger partial charge in [0.05, 0.1) is 11.6 Å². The van der Waals surface area contributed by atoms with E-state index in [2.05, 4.69) is 31.2 Å². The Morgan fingerprint density at radius 3 is 2.68 bits per heavy atom. The fourth-order valence-corrected chi connectivity index (χ4v) is 3.20. The Morgan fingerprint density at radius 1 is 1.11 bits per heavy atom. The summed E-state index contributed by atoms with van der Waals surface area (Å²) in [6, 6.07) is 13.3. The van der Waals surface area contributed by atoms with Crippen molar-refractivity contribution in [1.29, 1.82) is 0 Å². The van der Waals surface area contributed by atoms with E-state index in [4.69, 9.17) is 0 Å². The van der Waals surface area contributed by atoms with Crippen molar-refractivity contribution in [1.82, 2.24) is 35.2 Å². The molecule has 4 aromatic rings. The third kappa shape index (κ3) is 2.90. The van der Waals surface area contributed by atoms with Crippen molar-refractivity contribution in [2.24, 2.45) is 0 Å². The maximum atomic E-state index is 12.6. The van der Waals surface area contributed by atoms with Gasteiger partial charge in [0.2, 0.25) is 0 Å². The van der Waals surface area contributed by atoms with Gasteiger partial charge in [-0.25, -0.2) is 9.36 Å². The van der Waals surface area contributed by atoms with Gasteiger partial charge in [-0.2, -0.15) is 0 Å². The summed E-state index contributed by atoms with van der Waals surface area (Å²) in [5.74, 6) is 0.563. The number of carbonyl (C=O) groups is 1. The summed E-state index contributed by atoms with van der Waals surface area (Å²) in [6.07, 6.45) is 2.23. The molecule has 1 saturated carbocycles. The average molecular weight is 374 g/mol. The molecule has 9 nitrogen and oxygen atoms in total. The van der Waals surface area contributed by atoms with Crippen molar-refractivity contribution in [2.45, 2.75) is 32.4 Å². The second-order valence-corrected chi connectivity index (χ2v) is 6.82. The fraction of sp³-hybridized carbons (Fsp3) is 0.263. The van der Waals surface area contributed by atoms with Crippen LogP contribution in [0, 0.1) is 0 Å². The minimum absolute atomic E-state index is 0.191. The molecule has 9 heteroatoms. The third-order valence-corrected chi connectivity index (χ3v) is 4.86. The molecule has 2 aromatic heterocycles. The lowest BCUT2D eigenvalue weighted by molar-refractivity contribution is 0.102. The van der Waals surface area contributed by atoms with Crippen LogP contribution in [0.25, 0.3) is 22.4 Å². The molecular formula is C19H18N8O. The van der Waals surface area contributed by atoms with Gasteiger partial charge in [0.1, 0.15) is 5.52 Å². The molecule has 0 spiro atoms. The van der Waals surface area contributed by atoms with Gasteiger partial charge < -0.3 is 5.32 Å². The number of hydrogen-bond acceptors (Lipinski definition) is 6. The molecule has 0 atom stereocenters. The van der Waals surface area contributed by atoms with Crippen LogP contribution < -0.4 is 5.32 Å². The van der Waals surface area contributed by atoms with Crippen LogP contribution in [0.15, 0.2) is 42.5 Å². The molecule has 2 aromatic carbocycles. The van der Waals surface area contributed by atoms with Crippen LogP contribution in [0.3, 0.4) is 0 Å². The number of nitrogens with zero attached hydrogens (tertiary/aromatic N) is 7. The standard InChI is InChI=1S/C19H18N8O/c1-2-26-17-10-5-13(11-16(17)21-24-26)19(28)20-14-6-3-12(4-7-14)18-22-23-25-27(18)15-8-9-15/h3-7,10-11,15H,2,8-9H2,1H3,(H,20,28).